The van der Waals surface area contributed by atoms with Crippen molar-refractivity contribution in [2.75, 3.05) is 0 Å². The van der Waals surface area contributed by atoms with Crippen molar-refractivity contribution in [3.05, 3.63) is 12.2 Å². The fraction of sp³-hybridized carbons (Fsp3) is 0.750. The summed E-state index contributed by atoms with van der Waals surface area (Å²) in [6, 6.07) is 0. The lowest BCUT2D eigenvalue weighted by Crippen LogP contribution is -2.39. The number of esters is 2. The third-order valence-corrected chi connectivity index (χ3v) is 3.69. The Morgan fingerprint density at radius 3 is 2.08 bits per heavy atom. The molecule has 25 heavy (non-hydrogen) atoms. The summed E-state index contributed by atoms with van der Waals surface area (Å²) in [6.07, 6.45) is 6.50. The smallest absolute Gasteiger partial charge is 0.314 e. The van der Waals surface area contributed by atoms with Gasteiger partial charge < -0.3 is 9.47 Å². The van der Waals surface area contributed by atoms with Crippen LogP contribution in [-0.2, 0) is 23.9 Å². The normalized spacial score (nSPS) is 24.3. The number of hydrogen-bond acceptors (Lipinski definition) is 5. The highest BCUT2D eigenvalue weighted by atomic mass is 16.6. The summed E-state index contributed by atoms with van der Waals surface area (Å²) in [6.45, 7) is 10.6. The van der Waals surface area contributed by atoms with Gasteiger partial charge in [0, 0.05) is 12.8 Å². The number of carbonyl (C=O) groups excluding carboxylic acids is 3. The Balaban J connectivity index is 3.15. The molecule has 0 radical (unpaired) electrons. The van der Waals surface area contributed by atoms with E-state index in [2.05, 4.69) is 0 Å². The van der Waals surface area contributed by atoms with Crippen molar-refractivity contribution in [1.29, 1.82) is 0 Å². The zero-order valence-corrected chi connectivity index (χ0v) is 16.4. The molecule has 0 aromatic rings. The van der Waals surface area contributed by atoms with Crippen molar-refractivity contribution < 1.29 is 23.9 Å². The quantitative estimate of drug-likeness (QED) is 0.555. The maximum atomic E-state index is 12.7. The molecule has 2 atom stereocenters. The third-order valence-electron chi connectivity index (χ3n) is 3.69. The molecule has 0 aliphatic heterocycles. The Morgan fingerprint density at radius 1 is 0.960 bits per heavy atom. The predicted molar refractivity (Wildman–Crippen MR) is 95.9 cm³/mol. The second-order valence-corrected chi connectivity index (χ2v) is 8.62. The van der Waals surface area contributed by atoms with Crippen LogP contribution >= 0.6 is 0 Å². The van der Waals surface area contributed by atoms with Crippen LogP contribution in [0.3, 0.4) is 0 Å². The molecule has 0 N–H and O–H groups in total. The van der Waals surface area contributed by atoms with E-state index < -0.39 is 35.0 Å². The van der Waals surface area contributed by atoms with Gasteiger partial charge in [-0.15, -0.1) is 0 Å². The van der Waals surface area contributed by atoms with E-state index in [1.807, 2.05) is 6.08 Å². The van der Waals surface area contributed by atoms with E-state index in [0.717, 1.165) is 19.3 Å². The minimum absolute atomic E-state index is 0.00314. The molecule has 0 bridgehead atoms. The Bertz CT molecular complexity index is 519. The van der Waals surface area contributed by atoms with Gasteiger partial charge in [-0.05, 0) is 60.8 Å². The lowest BCUT2D eigenvalue weighted by molar-refractivity contribution is -0.171. The molecular weight excluding hydrogens is 320 g/mol. The average Bonchev–Trinajstić information content (AvgIpc) is 2.41. The van der Waals surface area contributed by atoms with Gasteiger partial charge in [-0.3, -0.25) is 14.4 Å². The summed E-state index contributed by atoms with van der Waals surface area (Å²) >= 11 is 0. The summed E-state index contributed by atoms with van der Waals surface area (Å²) < 4.78 is 11.0. The number of ketones is 1. The van der Waals surface area contributed by atoms with Crippen LogP contribution in [-0.4, -0.2) is 28.9 Å². The SMILES string of the molecule is CC(C)(C)OC(=O)[C@H]1/C=C/CCCCC(=O)C[C@@H]1C(=O)OC(C)(C)C. The first-order chi connectivity index (χ1) is 11.4. The summed E-state index contributed by atoms with van der Waals surface area (Å²) in [5, 5.41) is 0. The van der Waals surface area contributed by atoms with E-state index in [-0.39, 0.29) is 12.2 Å². The van der Waals surface area contributed by atoms with Crippen molar-refractivity contribution in [2.45, 2.75) is 84.8 Å². The highest BCUT2D eigenvalue weighted by Crippen LogP contribution is 2.28. The van der Waals surface area contributed by atoms with Gasteiger partial charge in [0.1, 0.15) is 17.0 Å². The van der Waals surface area contributed by atoms with E-state index in [1.54, 1.807) is 47.6 Å². The van der Waals surface area contributed by atoms with Crippen molar-refractivity contribution in [3.8, 4) is 0 Å². The molecule has 5 nitrogen and oxygen atoms in total. The van der Waals surface area contributed by atoms with Crippen LogP contribution in [0, 0.1) is 11.8 Å². The fourth-order valence-electron chi connectivity index (χ4n) is 2.66. The van der Waals surface area contributed by atoms with Crippen LogP contribution in [0.2, 0.25) is 0 Å². The number of hydrogen-bond donors (Lipinski definition) is 0. The molecule has 1 rings (SSSR count). The van der Waals surface area contributed by atoms with E-state index in [0.29, 0.717) is 6.42 Å². The summed E-state index contributed by atoms with van der Waals surface area (Å²) in [4.78, 5) is 37.6. The van der Waals surface area contributed by atoms with Crippen LogP contribution in [0.25, 0.3) is 0 Å². The molecular formula is C20H32O5. The van der Waals surface area contributed by atoms with Gasteiger partial charge in [-0.1, -0.05) is 12.2 Å². The highest BCUT2D eigenvalue weighted by molar-refractivity contribution is 5.89. The minimum Gasteiger partial charge on any atom is -0.460 e. The van der Waals surface area contributed by atoms with Gasteiger partial charge in [0.05, 0.1) is 11.8 Å². The van der Waals surface area contributed by atoms with Gasteiger partial charge in [-0.2, -0.15) is 0 Å². The summed E-state index contributed by atoms with van der Waals surface area (Å²) in [5.41, 5.74) is -1.35. The minimum atomic E-state index is -0.851. The maximum Gasteiger partial charge on any atom is 0.314 e. The lowest BCUT2D eigenvalue weighted by Gasteiger charge is -2.29. The first kappa shape index (κ1) is 21.4. The Morgan fingerprint density at radius 2 is 1.52 bits per heavy atom. The molecule has 0 heterocycles. The van der Waals surface area contributed by atoms with Crippen molar-refractivity contribution >= 4 is 17.7 Å². The average molecular weight is 352 g/mol. The molecule has 0 fully saturated rings. The van der Waals surface area contributed by atoms with E-state index >= 15 is 0 Å². The highest BCUT2D eigenvalue weighted by Gasteiger charge is 2.38. The van der Waals surface area contributed by atoms with Crippen LogP contribution in [0.1, 0.15) is 73.6 Å². The lowest BCUT2D eigenvalue weighted by atomic mass is 9.85. The first-order valence-corrected chi connectivity index (χ1v) is 9.03. The summed E-state index contributed by atoms with van der Waals surface area (Å²) in [7, 11) is 0. The number of Topliss-reactive ketones (excluding diaryl/α,β-unsaturated/α-hetero) is 1. The molecule has 0 amide bonds. The molecule has 142 valence electrons. The topological polar surface area (TPSA) is 69.7 Å². The molecule has 0 saturated heterocycles. The van der Waals surface area contributed by atoms with Gasteiger partial charge in [0.2, 0.25) is 0 Å². The molecule has 0 saturated carbocycles. The zero-order chi connectivity index (χ0) is 19.3. The van der Waals surface area contributed by atoms with Gasteiger partial charge in [0.25, 0.3) is 0 Å². The van der Waals surface area contributed by atoms with E-state index in [1.165, 1.54) is 0 Å². The third kappa shape index (κ3) is 8.32. The Labute approximate surface area is 151 Å². The second-order valence-electron chi connectivity index (χ2n) is 8.62. The number of rotatable bonds is 2. The van der Waals surface area contributed by atoms with E-state index in [4.69, 9.17) is 9.47 Å². The standard InChI is InChI=1S/C20H32O5/c1-19(2,3)24-17(22)15-12-10-8-7-9-11-14(21)13-16(15)18(23)25-20(4,5)6/h10,12,15-16H,7-9,11,13H2,1-6H3/b12-10+/t15-,16-/m0/s1. The van der Waals surface area contributed by atoms with Crippen molar-refractivity contribution in [1.82, 2.24) is 0 Å². The van der Waals surface area contributed by atoms with Gasteiger partial charge in [-0.25, -0.2) is 0 Å². The van der Waals surface area contributed by atoms with Crippen LogP contribution < -0.4 is 0 Å². The second kappa shape index (κ2) is 8.63. The van der Waals surface area contributed by atoms with Crippen LogP contribution in [0.5, 0.6) is 0 Å². The maximum absolute atomic E-state index is 12.7. The molecule has 0 unspecified atom stereocenters. The molecule has 5 heteroatoms. The zero-order valence-electron chi connectivity index (χ0n) is 16.4. The Hall–Kier alpha value is -1.65. The van der Waals surface area contributed by atoms with Gasteiger partial charge in [0.15, 0.2) is 0 Å². The molecule has 1 aliphatic carbocycles. The molecule has 0 aromatic carbocycles. The molecule has 1 aliphatic rings. The largest absolute Gasteiger partial charge is 0.460 e. The number of carbonyl (C=O) groups is 3. The fourth-order valence-corrected chi connectivity index (χ4v) is 2.66. The van der Waals surface area contributed by atoms with Crippen LogP contribution in [0.4, 0.5) is 0 Å². The number of allylic oxidation sites excluding steroid dienone is 1. The molecule has 0 aromatic heterocycles. The van der Waals surface area contributed by atoms with Gasteiger partial charge >= 0.3 is 11.9 Å². The predicted octanol–water partition coefficient (Wildman–Crippen LogP) is 3.99. The Kier molecular flexibility index (Phi) is 7.39. The molecule has 0 spiro atoms. The van der Waals surface area contributed by atoms with Crippen LogP contribution in [0.15, 0.2) is 12.2 Å². The monoisotopic (exact) mass is 352 g/mol. The van der Waals surface area contributed by atoms with Crippen molar-refractivity contribution in [2.24, 2.45) is 11.8 Å². The summed E-state index contributed by atoms with van der Waals surface area (Å²) in [5.74, 6) is -2.69. The number of ether oxygens (including phenoxy) is 2. The van der Waals surface area contributed by atoms with Crippen molar-refractivity contribution in [3.63, 3.8) is 0 Å². The first-order valence-electron chi connectivity index (χ1n) is 9.03. The van der Waals surface area contributed by atoms with E-state index in [9.17, 15) is 14.4 Å².